The predicted octanol–water partition coefficient (Wildman–Crippen LogP) is 6.78. The van der Waals surface area contributed by atoms with Gasteiger partial charge in [0.25, 0.3) is 0 Å². The molecule has 516 valence electrons. The number of alkyl halides is 3. The van der Waals surface area contributed by atoms with Gasteiger partial charge in [-0.25, -0.2) is 17.9 Å². The van der Waals surface area contributed by atoms with Gasteiger partial charge in [-0.1, -0.05) is 53.6 Å². The Morgan fingerprint density at radius 2 is 1.47 bits per heavy atom. The van der Waals surface area contributed by atoms with Gasteiger partial charge in [-0.3, -0.25) is 14.4 Å². The molecule has 12 unspecified atom stereocenters. The number of esters is 2. The van der Waals surface area contributed by atoms with Crippen molar-refractivity contribution in [3.05, 3.63) is 29.8 Å². The Labute approximate surface area is 528 Å². The van der Waals surface area contributed by atoms with E-state index in [9.17, 15) is 41.4 Å². The van der Waals surface area contributed by atoms with Gasteiger partial charge < -0.3 is 77.4 Å². The topological polar surface area (TPSA) is 293 Å². The van der Waals surface area contributed by atoms with E-state index in [2.05, 4.69) is 20.1 Å². The fourth-order valence-corrected chi connectivity index (χ4v) is 13.7. The molecule has 0 saturated carbocycles. The molecule has 4 aliphatic heterocycles. The van der Waals surface area contributed by atoms with E-state index in [1.807, 2.05) is 20.9 Å². The molecule has 1 amide bonds. The van der Waals surface area contributed by atoms with Crippen LogP contribution in [-0.4, -0.2) is 204 Å². The normalized spacial score (nSPS) is 36.7. The lowest BCUT2D eigenvalue weighted by Gasteiger charge is -2.45. The van der Waals surface area contributed by atoms with Gasteiger partial charge in [0.05, 0.1) is 70.7 Å². The Bertz CT molecular complexity index is 2660. The molecule has 4 heterocycles. The number of Topliss-reactive ketones (excluding diaryl/α,β-unsaturated/α-hetero) is 1. The number of likely N-dealkylation sites (N-methyl/N-ethyl adjacent to an activating group) is 1. The molecule has 24 nitrogen and oxygen atoms in total. The summed E-state index contributed by atoms with van der Waals surface area (Å²) in [5.74, 6) is -8.68. The van der Waals surface area contributed by atoms with Crippen LogP contribution >= 0.6 is 0 Å². The number of carbonyl (C=O) groups excluding carboxylic acids is 4. The van der Waals surface area contributed by atoms with Gasteiger partial charge in [0.2, 0.25) is 10.0 Å². The lowest BCUT2D eigenvalue weighted by atomic mass is 9.74. The lowest BCUT2D eigenvalue weighted by molar-refractivity contribution is -0.305. The quantitative estimate of drug-likeness (QED) is 0.0594. The van der Waals surface area contributed by atoms with Crippen LogP contribution in [-0.2, 0) is 87.5 Å². The fourth-order valence-electron chi connectivity index (χ4n) is 12.5. The zero-order chi connectivity index (χ0) is 67.7. The van der Waals surface area contributed by atoms with E-state index in [0.29, 0.717) is 25.1 Å². The maximum atomic E-state index is 16.1. The van der Waals surface area contributed by atoms with E-state index in [1.165, 1.54) is 49.0 Å². The number of sulfonamides is 1. The number of amides is 1. The molecule has 0 radical (unpaired) electrons. The third-order valence-corrected chi connectivity index (χ3v) is 19.0. The zero-order valence-corrected chi connectivity index (χ0v) is 56.5. The van der Waals surface area contributed by atoms with Crippen molar-refractivity contribution in [1.29, 1.82) is 0 Å². The summed E-state index contributed by atoms with van der Waals surface area (Å²) >= 11 is 0. The number of nitrogens with one attached hydrogen (secondary N) is 2. The Hall–Kier alpha value is -4.17. The molecule has 4 N–H and O–H groups in total. The number of aliphatic hydroxyl groups is 2. The minimum absolute atomic E-state index is 0.0633. The number of ketones is 1. The van der Waals surface area contributed by atoms with Crippen LogP contribution < -0.4 is 10.0 Å². The van der Waals surface area contributed by atoms with Gasteiger partial charge in [-0.2, -0.15) is 13.2 Å². The number of aliphatic hydroxyl groups excluding tert-OH is 2. The minimum Gasteiger partial charge on any atom is -0.461 e. The molecule has 5 rings (SSSR count). The van der Waals surface area contributed by atoms with Crippen molar-refractivity contribution in [2.45, 2.75) is 244 Å². The summed E-state index contributed by atoms with van der Waals surface area (Å²) in [6, 6.07) is 2.80. The summed E-state index contributed by atoms with van der Waals surface area (Å²) < 4.78 is 140. The van der Waals surface area contributed by atoms with E-state index in [-0.39, 0.29) is 49.6 Å². The van der Waals surface area contributed by atoms with E-state index >= 15 is 9.59 Å². The number of methoxy groups -OCH3 is 2. The highest BCUT2D eigenvalue weighted by atomic mass is 32.2. The van der Waals surface area contributed by atoms with E-state index in [1.54, 1.807) is 62.3 Å². The van der Waals surface area contributed by atoms with Crippen molar-refractivity contribution >= 4 is 39.6 Å². The predicted molar refractivity (Wildman–Crippen MR) is 321 cm³/mol. The monoisotopic (exact) mass is 1310 g/mol. The second kappa shape index (κ2) is 32.3. The van der Waals surface area contributed by atoms with Crippen LogP contribution in [0.4, 0.5) is 18.0 Å². The smallest absolute Gasteiger partial charge is 0.416 e. The minimum atomic E-state index is -4.72. The van der Waals surface area contributed by atoms with E-state index in [4.69, 9.17) is 56.9 Å². The molecule has 0 spiro atoms. The molecule has 1 aromatic carbocycles. The summed E-state index contributed by atoms with van der Waals surface area (Å²) in [5, 5.41) is 29.6. The average molecular weight is 1310 g/mol. The number of rotatable bonds is 20. The molecule has 4 aliphatic rings. The molecule has 1 aromatic rings. The number of alkyl carbamates (subject to hydrolysis) is 1. The molecule has 0 bridgehead atoms. The number of benzene rings is 1. The van der Waals surface area contributed by atoms with Crippen LogP contribution in [0.1, 0.15) is 135 Å². The van der Waals surface area contributed by atoms with Crippen molar-refractivity contribution in [2.24, 2.45) is 46.6 Å². The van der Waals surface area contributed by atoms with Gasteiger partial charge >= 0.3 is 24.2 Å². The maximum Gasteiger partial charge on any atom is 0.416 e. The number of oxime groups is 1. The highest BCUT2D eigenvalue weighted by Crippen LogP contribution is 2.41. The molecule has 4 fully saturated rings. The number of halogens is 3. The van der Waals surface area contributed by atoms with Crippen molar-refractivity contribution in [3.8, 4) is 0 Å². The highest BCUT2D eigenvalue weighted by molar-refractivity contribution is 7.89. The summed E-state index contributed by atoms with van der Waals surface area (Å²) in [7, 11) is 1.66. The number of hydrogen-bond acceptors (Lipinski definition) is 22. The first kappa shape index (κ1) is 76.5. The number of hydrogen-bond donors (Lipinski definition) is 4. The summed E-state index contributed by atoms with van der Waals surface area (Å²) in [6.07, 6.45) is -20.4. The first-order chi connectivity index (χ1) is 41.8. The van der Waals surface area contributed by atoms with Gasteiger partial charge in [-0.05, 0) is 105 Å². The first-order valence-electron chi connectivity index (χ1n) is 31.0. The van der Waals surface area contributed by atoms with E-state index < -0.39 is 184 Å². The fraction of sp³-hybridized carbons (Fsp3) is 0.823. The third-order valence-electron chi connectivity index (χ3n) is 17.6. The van der Waals surface area contributed by atoms with Gasteiger partial charge in [0.15, 0.2) is 30.3 Å². The van der Waals surface area contributed by atoms with E-state index in [0.717, 1.165) is 12.1 Å². The standard InChI is InChI=1S/C62H101F3N4O20S/c1-31(2)24-45(70)85-51-38(9)50(33(4)29-81-58-54(79-18)53(78-17)47(71)41(12)84-58)87-56(74)40(11)52(86-46-25-34(5)69(16)28-36(7)82-46)37(8)49(88-57-48(72)44(68-80-19)26-35(6)83-57)32(3)27-61(15,55(73)39(51)10)89-59(75)67-60(13,14)30-66-90(76,77)43-22-20-42(21-23-43)62(63,64)65/h20-23,31-41,46-54,57-58,66,71-72H,24-30H2,1-19H3,(H,67,75)/t32?,33?,34?,35-,36+,37?,38?,39?,40?,41-,46+,47-,48-,49?,50?,51?,52?,53-,54-,57+,58-,61?/m1/s1. The van der Waals surface area contributed by atoms with Crippen LogP contribution in [0.25, 0.3) is 0 Å². The highest BCUT2D eigenvalue weighted by Gasteiger charge is 2.53. The lowest BCUT2D eigenvalue weighted by Crippen LogP contribution is -2.59. The number of cyclic esters (lactones) is 1. The Morgan fingerprint density at radius 3 is 2.06 bits per heavy atom. The van der Waals surface area contributed by atoms with Gasteiger partial charge in [0.1, 0.15) is 43.7 Å². The van der Waals surface area contributed by atoms with Crippen LogP contribution in [0.5, 0.6) is 0 Å². The molecular weight excluding hydrogens is 1210 g/mol. The molecule has 0 aliphatic carbocycles. The van der Waals surface area contributed by atoms with Crippen molar-refractivity contribution in [1.82, 2.24) is 14.9 Å². The zero-order valence-electron chi connectivity index (χ0n) is 55.6. The number of carbonyl (C=O) groups is 4. The molecule has 0 aromatic heterocycles. The summed E-state index contributed by atoms with van der Waals surface area (Å²) in [6.45, 7) is 25.1. The Kier molecular flexibility index (Phi) is 27.5. The number of ether oxygens (including phenoxy) is 11. The van der Waals surface area contributed by atoms with Crippen LogP contribution in [0.2, 0.25) is 0 Å². The maximum absolute atomic E-state index is 16.1. The molecule has 28 heteroatoms. The van der Waals surface area contributed by atoms with Crippen LogP contribution in [0, 0.1) is 41.4 Å². The SMILES string of the molecule is CON=C1C[C@@H](C)O[C@@H](OC2C(C)CC(C)(OC(=O)NC(C)(C)CNS(=O)(=O)c3ccc(C(F)(F)F)cc3)C(=O)C(C)C(OC(=O)CC(C)C)C(C)C(C(C)CO[C@@H]3O[C@H](C)[C@@H](O)[C@@H](OC)[C@H]3OC)OC(=O)C(C)C(O[C@H]3CC(C)N(C)C[C@H](C)O3)C2C)[C@@H]1O. The van der Waals surface area contributed by atoms with Crippen molar-refractivity contribution in [2.75, 3.05) is 48.1 Å². The van der Waals surface area contributed by atoms with Crippen LogP contribution in [0.3, 0.4) is 0 Å². The first-order valence-corrected chi connectivity index (χ1v) is 32.5. The second-order valence-corrected chi connectivity index (χ2v) is 28.3. The van der Waals surface area contributed by atoms with Crippen molar-refractivity contribution < 1.29 is 108 Å². The Morgan fingerprint density at radius 1 is 0.833 bits per heavy atom. The van der Waals surface area contributed by atoms with Gasteiger partial charge in [-0.15, -0.1) is 0 Å². The largest absolute Gasteiger partial charge is 0.461 e. The second-order valence-electron chi connectivity index (χ2n) is 26.5. The van der Waals surface area contributed by atoms with Crippen LogP contribution in [0.15, 0.2) is 34.3 Å². The van der Waals surface area contributed by atoms with Crippen molar-refractivity contribution in [3.63, 3.8) is 0 Å². The Balaban J connectivity index is 1.69. The molecule has 4 saturated heterocycles. The third kappa shape index (κ3) is 19.9. The molecule has 90 heavy (non-hydrogen) atoms. The summed E-state index contributed by atoms with van der Waals surface area (Å²) in [5.41, 5.74) is -4.59. The summed E-state index contributed by atoms with van der Waals surface area (Å²) in [4.78, 5) is 67.1. The van der Waals surface area contributed by atoms with Gasteiger partial charge in [0, 0.05) is 70.4 Å². The average Bonchev–Trinajstić information content (AvgIpc) is 0.853. The molecule has 22 atom stereocenters. The number of nitrogens with zero attached hydrogens (tertiary/aromatic N) is 2. The molecular formula is C62H101F3N4O20S.